The van der Waals surface area contributed by atoms with Crippen LogP contribution in [0.5, 0.6) is 0 Å². The zero-order valence-corrected chi connectivity index (χ0v) is 29.8. The Hall–Kier alpha value is -0.960. The van der Waals surface area contributed by atoms with Gasteiger partial charge in [-0.3, -0.25) is 0 Å². The van der Waals surface area contributed by atoms with E-state index in [1.54, 1.807) is 0 Å². The molecule has 3 saturated heterocycles. The van der Waals surface area contributed by atoms with Gasteiger partial charge in [0.2, 0.25) is 0 Å². The molecule has 1 aliphatic carbocycles. The molecule has 0 aromatic heterocycles. The van der Waals surface area contributed by atoms with E-state index in [0.717, 1.165) is 24.0 Å². The SMILES string of the molecule is C1=CNC(CCN(CCC2CCCCN2)CCN(CCN(CCC2CCCCN2)CCC2CCCCN2)CC2CCCCC2)C=C1. The van der Waals surface area contributed by atoms with E-state index in [2.05, 4.69) is 60.4 Å². The standard InChI is InChI=1S/C39H73N7/c1-2-12-35(13-3-1)34-46(32-30-44(26-18-36-14-4-8-22-40-36)27-19-37-15-5-9-23-41-37)33-31-45(28-20-38-16-6-10-24-42-38)29-21-39-17-7-11-25-43-39/h4,8,14,22,35-43H,1-3,5-7,9-13,15-21,23-34H2. The first kappa shape index (κ1) is 36.3. The molecule has 0 spiro atoms. The molecule has 4 N–H and O–H groups in total. The van der Waals surface area contributed by atoms with Gasteiger partial charge in [-0.25, -0.2) is 0 Å². The van der Waals surface area contributed by atoms with Gasteiger partial charge < -0.3 is 36.0 Å². The van der Waals surface area contributed by atoms with Crippen molar-refractivity contribution in [1.29, 1.82) is 0 Å². The van der Waals surface area contributed by atoms with Crippen LogP contribution in [0.2, 0.25) is 0 Å². The molecular weight excluding hydrogens is 566 g/mol. The Morgan fingerprint density at radius 2 is 0.935 bits per heavy atom. The second-order valence-corrected chi connectivity index (χ2v) is 15.6. The minimum absolute atomic E-state index is 0.476. The Morgan fingerprint density at radius 3 is 1.39 bits per heavy atom. The zero-order valence-electron chi connectivity index (χ0n) is 29.8. The lowest BCUT2D eigenvalue weighted by atomic mass is 9.89. The molecule has 1 saturated carbocycles. The fourth-order valence-electron chi connectivity index (χ4n) is 8.78. The van der Waals surface area contributed by atoms with Crippen molar-refractivity contribution >= 4 is 0 Å². The highest BCUT2D eigenvalue weighted by molar-refractivity contribution is 5.12. The Balaban J connectivity index is 1.16. The molecule has 0 aromatic carbocycles. The fourth-order valence-corrected chi connectivity index (χ4v) is 8.78. The van der Waals surface area contributed by atoms with E-state index in [0.29, 0.717) is 6.04 Å². The Kier molecular flexibility index (Phi) is 17.3. The smallest absolute Gasteiger partial charge is 0.0454 e. The van der Waals surface area contributed by atoms with E-state index in [1.165, 1.54) is 194 Å². The van der Waals surface area contributed by atoms with Crippen LogP contribution in [0.1, 0.15) is 116 Å². The summed E-state index contributed by atoms with van der Waals surface area (Å²) in [5.74, 6) is 0.906. The number of hydrogen-bond donors (Lipinski definition) is 4. The number of allylic oxidation sites excluding steroid dienone is 2. The van der Waals surface area contributed by atoms with Gasteiger partial charge in [-0.15, -0.1) is 0 Å². The predicted molar refractivity (Wildman–Crippen MR) is 196 cm³/mol. The summed E-state index contributed by atoms with van der Waals surface area (Å²) in [4.78, 5) is 8.59. The van der Waals surface area contributed by atoms with Gasteiger partial charge in [0, 0.05) is 63.4 Å². The molecule has 7 heteroatoms. The molecule has 0 radical (unpaired) electrons. The van der Waals surface area contributed by atoms with Crippen molar-refractivity contribution in [3.05, 3.63) is 24.4 Å². The van der Waals surface area contributed by atoms with Gasteiger partial charge in [0.25, 0.3) is 0 Å². The van der Waals surface area contributed by atoms with Crippen LogP contribution in [0.15, 0.2) is 24.4 Å². The molecule has 4 aliphatic heterocycles. The molecule has 0 aromatic rings. The molecule has 4 unspecified atom stereocenters. The third-order valence-electron chi connectivity index (χ3n) is 11.9. The summed E-state index contributed by atoms with van der Waals surface area (Å²) in [6.07, 6.45) is 33.6. The van der Waals surface area contributed by atoms with E-state index >= 15 is 0 Å². The van der Waals surface area contributed by atoms with Crippen molar-refractivity contribution in [3.63, 3.8) is 0 Å². The largest absolute Gasteiger partial charge is 0.385 e. The number of piperidine rings is 3. The summed E-state index contributed by atoms with van der Waals surface area (Å²) in [7, 11) is 0. The Bertz CT molecular complexity index is 802. The minimum atomic E-state index is 0.476. The molecule has 7 nitrogen and oxygen atoms in total. The fraction of sp³-hybridized carbons (Fsp3) is 0.897. The number of dihydropyridines is 1. The molecular formula is C39H73N7. The second kappa shape index (κ2) is 21.9. The first-order valence-electron chi connectivity index (χ1n) is 20.3. The van der Waals surface area contributed by atoms with Crippen LogP contribution in [0.25, 0.3) is 0 Å². The maximum atomic E-state index is 3.83. The van der Waals surface area contributed by atoms with Crippen molar-refractivity contribution in [2.24, 2.45) is 5.92 Å². The summed E-state index contributed by atoms with van der Waals surface area (Å²) in [6, 6.07) is 2.66. The first-order chi connectivity index (χ1) is 22.8. The second-order valence-electron chi connectivity index (χ2n) is 15.6. The molecule has 5 rings (SSSR count). The lowest BCUT2D eigenvalue weighted by Crippen LogP contribution is -2.45. The van der Waals surface area contributed by atoms with Gasteiger partial charge >= 0.3 is 0 Å². The highest BCUT2D eigenvalue weighted by Gasteiger charge is 2.22. The van der Waals surface area contributed by atoms with Gasteiger partial charge in [0.1, 0.15) is 0 Å². The van der Waals surface area contributed by atoms with Crippen LogP contribution >= 0.6 is 0 Å². The third-order valence-corrected chi connectivity index (χ3v) is 11.9. The van der Waals surface area contributed by atoms with Crippen LogP contribution in [0.4, 0.5) is 0 Å². The van der Waals surface area contributed by atoms with Crippen molar-refractivity contribution in [2.75, 3.05) is 78.5 Å². The highest BCUT2D eigenvalue weighted by Crippen LogP contribution is 2.24. The topological polar surface area (TPSA) is 57.8 Å². The molecule has 4 heterocycles. The summed E-state index contributed by atoms with van der Waals surface area (Å²) < 4.78 is 0. The summed E-state index contributed by atoms with van der Waals surface area (Å²) in [6.45, 7) is 14.8. The van der Waals surface area contributed by atoms with E-state index in [9.17, 15) is 0 Å². The number of hydrogen-bond acceptors (Lipinski definition) is 7. The molecule has 0 bridgehead atoms. The molecule has 4 atom stereocenters. The summed E-state index contributed by atoms with van der Waals surface area (Å²) >= 11 is 0. The van der Waals surface area contributed by atoms with Gasteiger partial charge in [0.15, 0.2) is 0 Å². The van der Waals surface area contributed by atoms with Gasteiger partial charge in [-0.1, -0.05) is 50.7 Å². The van der Waals surface area contributed by atoms with E-state index in [-0.39, 0.29) is 0 Å². The lowest BCUT2D eigenvalue weighted by Gasteiger charge is -2.35. The zero-order chi connectivity index (χ0) is 31.5. The quantitative estimate of drug-likeness (QED) is 0.140. The van der Waals surface area contributed by atoms with Gasteiger partial charge in [-0.2, -0.15) is 0 Å². The van der Waals surface area contributed by atoms with E-state index in [1.807, 2.05) is 0 Å². The molecule has 5 aliphatic rings. The molecule has 0 amide bonds. The van der Waals surface area contributed by atoms with Crippen molar-refractivity contribution in [1.82, 2.24) is 36.0 Å². The normalized spacial score (nSPS) is 27.9. The van der Waals surface area contributed by atoms with E-state index in [4.69, 9.17) is 0 Å². The van der Waals surface area contributed by atoms with Crippen molar-refractivity contribution < 1.29 is 0 Å². The van der Waals surface area contributed by atoms with Crippen LogP contribution < -0.4 is 21.3 Å². The maximum absolute atomic E-state index is 3.83. The molecule has 264 valence electrons. The van der Waals surface area contributed by atoms with Gasteiger partial charge in [-0.05, 0) is 135 Å². The lowest BCUT2D eigenvalue weighted by molar-refractivity contribution is 0.139. The Morgan fingerprint density at radius 1 is 0.457 bits per heavy atom. The van der Waals surface area contributed by atoms with Crippen LogP contribution in [-0.2, 0) is 0 Å². The number of nitrogens with zero attached hydrogens (tertiary/aromatic N) is 3. The monoisotopic (exact) mass is 640 g/mol. The highest BCUT2D eigenvalue weighted by atomic mass is 15.2. The van der Waals surface area contributed by atoms with E-state index < -0.39 is 0 Å². The third kappa shape index (κ3) is 14.3. The van der Waals surface area contributed by atoms with Gasteiger partial charge in [0.05, 0.1) is 0 Å². The van der Waals surface area contributed by atoms with Crippen LogP contribution in [0.3, 0.4) is 0 Å². The number of nitrogens with one attached hydrogen (secondary N) is 4. The van der Waals surface area contributed by atoms with Crippen molar-refractivity contribution in [2.45, 2.75) is 140 Å². The van der Waals surface area contributed by atoms with Crippen molar-refractivity contribution in [3.8, 4) is 0 Å². The summed E-state index contributed by atoms with van der Waals surface area (Å²) in [5.41, 5.74) is 0. The van der Waals surface area contributed by atoms with Crippen LogP contribution in [-0.4, -0.2) is 117 Å². The Labute approximate surface area is 284 Å². The minimum Gasteiger partial charge on any atom is -0.385 e. The maximum Gasteiger partial charge on any atom is 0.0454 e. The molecule has 46 heavy (non-hydrogen) atoms. The molecule has 4 fully saturated rings. The van der Waals surface area contributed by atoms with Crippen LogP contribution in [0, 0.1) is 5.92 Å². The average Bonchev–Trinajstić information content (AvgIpc) is 3.13. The average molecular weight is 640 g/mol. The predicted octanol–water partition coefficient (Wildman–Crippen LogP) is 5.50. The first-order valence-corrected chi connectivity index (χ1v) is 20.3. The summed E-state index contributed by atoms with van der Waals surface area (Å²) in [5, 5.41) is 15.1. The number of rotatable bonds is 20.